The summed E-state index contributed by atoms with van der Waals surface area (Å²) in [4.78, 5) is 15.1. The van der Waals surface area contributed by atoms with E-state index in [1.807, 2.05) is 29.8 Å². The minimum atomic E-state index is -4.56. The number of carbonyl (C=O) groups excluding carboxylic acids is 1. The van der Waals surface area contributed by atoms with Crippen LogP contribution >= 0.6 is 0 Å². The molecule has 3 heterocycles. The zero-order valence-electron chi connectivity index (χ0n) is 22.8. The number of nitrogens with zero attached hydrogens (tertiary/aromatic N) is 4. The SMILES string of the molecule is Cn1cnnc1C(C[C@@H]1CCOC1)c1cccc(N2Cc3c(cc(CNC4(C)CCC4)cc3C(F)(F)F)C2=O)c1. The number of aryl methyl sites for hydroxylation is 1. The number of anilines is 1. The van der Waals surface area contributed by atoms with Gasteiger partial charge in [0.05, 0.1) is 12.1 Å². The maximum atomic E-state index is 14.2. The summed E-state index contributed by atoms with van der Waals surface area (Å²) in [5.74, 6) is 0.674. The Morgan fingerprint density at radius 2 is 2.05 bits per heavy atom. The van der Waals surface area contributed by atoms with E-state index in [-0.39, 0.29) is 29.1 Å². The van der Waals surface area contributed by atoms with Crippen LogP contribution in [0.4, 0.5) is 18.9 Å². The van der Waals surface area contributed by atoms with Crippen molar-refractivity contribution in [3.63, 3.8) is 0 Å². The molecule has 3 aliphatic rings. The van der Waals surface area contributed by atoms with Gasteiger partial charge in [-0.2, -0.15) is 13.2 Å². The van der Waals surface area contributed by atoms with Crippen LogP contribution in [0.2, 0.25) is 0 Å². The van der Waals surface area contributed by atoms with Gasteiger partial charge < -0.3 is 19.5 Å². The number of hydrogen-bond acceptors (Lipinski definition) is 5. The topological polar surface area (TPSA) is 72.3 Å². The van der Waals surface area contributed by atoms with Gasteiger partial charge in [-0.05, 0) is 85.9 Å². The smallest absolute Gasteiger partial charge is 0.381 e. The minimum Gasteiger partial charge on any atom is -0.381 e. The summed E-state index contributed by atoms with van der Waals surface area (Å²) in [6.07, 6.45) is 1.97. The Bertz CT molecular complexity index is 1410. The first-order valence-corrected chi connectivity index (χ1v) is 13.9. The molecule has 2 aromatic carbocycles. The lowest BCUT2D eigenvalue weighted by molar-refractivity contribution is -0.138. The fourth-order valence-corrected chi connectivity index (χ4v) is 6.24. The maximum absolute atomic E-state index is 14.2. The van der Waals surface area contributed by atoms with Crippen LogP contribution in [0, 0.1) is 5.92 Å². The van der Waals surface area contributed by atoms with Crippen LogP contribution in [-0.2, 0) is 31.1 Å². The second kappa shape index (κ2) is 10.3. The van der Waals surface area contributed by atoms with Crippen molar-refractivity contribution >= 4 is 11.6 Å². The Kier molecular flexibility index (Phi) is 6.94. The summed E-state index contributed by atoms with van der Waals surface area (Å²) in [6.45, 7) is 3.67. The summed E-state index contributed by atoms with van der Waals surface area (Å²) in [5, 5.41) is 11.8. The van der Waals surface area contributed by atoms with Gasteiger partial charge in [0.15, 0.2) is 0 Å². The van der Waals surface area contributed by atoms with E-state index in [0.717, 1.165) is 50.1 Å². The van der Waals surface area contributed by atoms with Gasteiger partial charge in [0, 0.05) is 49.5 Å². The van der Waals surface area contributed by atoms with Gasteiger partial charge >= 0.3 is 6.18 Å². The molecule has 1 saturated heterocycles. The largest absolute Gasteiger partial charge is 0.416 e. The average Bonchev–Trinajstić information content (AvgIpc) is 3.65. The summed E-state index contributed by atoms with van der Waals surface area (Å²) >= 11 is 0. The second-order valence-electron chi connectivity index (χ2n) is 11.7. The third-order valence-corrected chi connectivity index (χ3v) is 8.82. The van der Waals surface area contributed by atoms with E-state index in [9.17, 15) is 18.0 Å². The number of amides is 1. The van der Waals surface area contributed by atoms with Gasteiger partial charge in [0.1, 0.15) is 12.2 Å². The van der Waals surface area contributed by atoms with Crippen molar-refractivity contribution in [3.05, 3.63) is 76.4 Å². The van der Waals surface area contributed by atoms with Gasteiger partial charge in [-0.15, -0.1) is 10.2 Å². The highest BCUT2D eigenvalue weighted by molar-refractivity contribution is 6.10. The fraction of sp³-hybridized carbons (Fsp3) is 0.500. The number of hydrogen-bond donors (Lipinski definition) is 1. The maximum Gasteiger partial charge on any atom is 0.416 e. The fourth-order valence-electron chi connectivity index (χ4n) is 6.24. The van der Waals surface area contributed by atoms with Gasteiger partial charge in [-0.1, -0.05) is 12.1 Å². The molecule has 1 aromatic heterocycles. The quantitative estimate of drug-likeness (QED) is 0.394. The molecule has 2 atom stereocenters. The Labute approximate surface area is 231 Å². The summed E-state index contributed by atoms with van der Waals surface area (Å²) in [5.41, 5.74) is 1.37. The number of halogens is 3. The first-order valence-electron chi connectivity index (χ1n) is 13.9. The van der Waals surface area contributed by atoms with Crippen LogP contribution in [-0.4, -0.2) is 39.4 Å². The van der Waals surface area contributed by atoms with E-state index >= 15 is 0 Å². The average molecular weight is 554 g/mol. The Morgan fingerprint density at radius 3 is 2.70 bits per heavy atom. The van der Waals surface area contributed by atoms with Crippen molar-refractivity contribution in [1.29, 1.82) is 0 Å². The van der Waals surface area contributed by atoms with E-state index in [2.05, 4.69) is 22.4 Å². The Morgan fingerprint density at radius 1 is 1.23 bits per heavy atom. The lowest BCUT2D eigenvalue weighted by Crippen LogP contribution is -2.47. The molecule has 1 amide bonds. The number of aromatic nitrogens is 3. The van der Waals surface area contributed by atoms with Gasteiger partial charge in [-0.3, -0.25) is 4.79 Å². The number of fused-ring (bicyclic) bond motifs is 1. The molecule has 1 saturated carbocycles. The zero-order valence-corrected chi connectivity index (χ0v) is 22.8. The molecule has 2 aliphatic heterocycles. The molecule has 1 aliphatic carbocycles. The van der Waals surface area contributed by atoms with Crippen molar-refractivity contribution in [2.45, 2.75) is 69.8 Å². The predicted octanol–water partition coefficient (Wildman–Crippen LogP) is 5.59. The minimum absolute atomic E-state index is 0.0365. The number of benzene rings is 2. The first kappa shape index (κ1) is 27.0. The van der Waals surface area contributed by atoms with E-state index in [1.165, 1.54) is 11.0 Å². The van der Waals surface area contributed by atoms with Crippen LogP contribution in [0.15, 0.2) is 42.7 Å². The molecule has 0 bridgehead atoms. The van der Waals surface area contributed by atoms with Gasteiger partial charge in [0.25, 0.3) is 5.91 Å². The van der Waals surface area contributed by atoms with Crippen LogP contribution < -0.4 is 10.2 Å². The molecule has 1 unspecified atom stereocenters. The molecule has 0 spiro atoms. The second-order valence-corrected chi connectivity index (χ2v) is 11.7. The van der Waals surface area contributed by atoms with E-state index < -0.39 is 17.6 Å². The molecular formula is C30H34F3N5O2. The molecule has 0 radical (unpaired) electrons. The summed E-state index contributed by atoms with van der Waals surface area (Å²) < 4.78 is 50.1. The third-order valence-electron chi connectivity index (χ3n) is 8.82. The molecular weight excluding hydrogens is 519 g/mol. The number of alkyl halides is 3. The van der Waals surface area contributed by atoms with Gasteiger partial charge in [0.2, 0.25) is 0 Å². The molecule has 3 aromatic rings. The van der Waals surface area contributed by atoms with Gasteiger partial charge in [-0.25, -0.2) is 0 Å². The van der Waals surface area contributed by atoms with E-state index in [1.54, 1.807) is 18.5 Å². The molecule has 10 heteroatoms. The third kappa shape index (κ3) is 5.14. The standard InChI is InChI=1S/C30H34F3N5O2/c1-29(8-4-9-29)34-15-20-12-24-25(26(13-20)30(31,32)33)16-38(28(24)39)22-6-3-5-21(14-22)23(11-19-7-10-40-17-19)27-36-35-18-37(27)2/h3,5-6,12-14,18-19,23,34H,4,7-11,15-17H2,1-2H3/t19-,23?/m0/s1. The molecule has 2 fully saturated rings. The molecule has 6 rings (SSSR count). The normalized spacial score (nSPS) is 21.0. The Hall–Kier alpha value is -3.24. The number of rotatable bonds is 8. The van der Waals surface area contributed by atoms with Crippen molar-refractivity contribution in [3.8, 4) is 0 Å². The highest BCUT2D eigenvalue weighted by atomic mass is 19.4. The van der Waals surface area contributed by atoms with Crippen molar-refractivity contribution in [2.24, 2.45) is 13.0 Å². The monoisotopic (exact) mass is 553 g/mol. The number of ether oxygens (including phenoxy) is 1. The van der Waals surface area contributed by atoms with Crippen LogP contribution in [0.3, 0.4) is 0 Å². The highest BCUT2D eigenvalue weighted by Crippen LogP contribution is 2.41. The number of carbonyl (C=O) groups is 1. The van der Waals surface area contributed by atoms with Crippen molar-refractivity contribution < 1.29 is 22.7 Å². The van der Waals surface area contributed by atoms with Crippen LogP contribution in [0.1, 0.15) is 83.4 Å². The van der Waals surface area contributed by atoms with Crippen molar-refractivity contribution in [2.75, 3.05) is 18.1 Å². The molecule has 1 N–H and O–H groups in total. The zero-order chi connectivity index (χ0) is 28.1. The molecule has 7 nitrogen and oxygen atoms in total. The lowest BCUT2D eigenvalue weighted by Gasteiger charge is -2.39. The summed E-state index contributed by atoms with van der Waals surface area (Å²) in [7, 11) is 1.90. The molecule has 40 heavy (non-hydrogen) atoms. The lowest BCUT2D eigenvalue weighted by atomic mass is 9.78. The van der Waals surface area contributed by atoms with E-state index in [4.69, 9.17) is 4.74 Å². The Balaban J connectivity index is 1.31. The van der Waals surface area contributed by atoms with Crippen LogP contribution in [0.5, 0.6) is 0 Å². The number of nitrogens with one attached hydrogen (secondary N) is 1. The van der Waals surface area contributed by atoms with Crippen molar-refractivity contribution in [1.82, 2.24) is 20.1 Å². The summed E-state index contributed by atoms with van der Waals surface area (Å²) in [6, 6.07) is 10.4. The predicted molar refractivity (Wildman–Crippen MR) is 144 cm³/mol. The highest BCUT2D eigenvalue weighted by Gasteiger charge is 2.41. The first-order chi connectivity index (χ1) is 19.1. The molecule has 212 valence electrons. The van der Waals surface area contributed by atoms with Crippen LogP contribution in [0.25, 0.3) is 0 Å². The van der Waals surface area contributed by atoms with E-state index in [0.29, 0.717) is 30.3 Å².